The molecule has 0 bridgehead atoms. The predicted molar refractivity (Wildman–Crippen MR) is 76.9 cm³/mol. The van der Waals surface area contributed by atoms with E-state index in [9.17, 15) is 10.1 Å². The molecule has 2 fully saturated rings. The van der Waals surface area contributed by atoms with Gasteiger partial charge in [0.05, 0.1) is 4.92 Å². The maximum Gasteiger partial charge on any atom is 0.311 e. The molecule has 1 aromatic heterocycles. The van der Waals surface area contributed by atoms with E-state index in [1.54, 1.807) is 18.3 Å². The van der Waals surface area contributed by atoms with Crippen molar-refractivity contribution < 1.29 is 4.92 Å². The van der Waals surface area contributed by atoms with E-state index < -0.39 is 0 Å². The summed E-state index contributed by atoms with van der Waals surface area (Å²) in [5.41, 5.74) is 0.385. The van der Waals surface area contributed by atoms with Gasteiger partial charge in [0.15, 0.2) is 0 Å². The van der Waals surface area contributed by atoms with E-state index in [0.29, 0.717) is 5.82 Å². The number of nitrogens with zero attached hydrogens (tertiary/aromatic N) is 3. The van der Waals surface area contributed by atoms with Crippen LogP contribution in [0.4, 0.5) is 11.5 Å². The molecule has 0 aliphatic carbocycles. The van der Waals surface area contributed by atoms with Gasteiger partial charge < -0.3 is 10.2 Å². The summed E-state index contributed by atoms with van der Waals surface area (Å²) in [5.74, 6) is 0.530. The van der Waals surface area contributed by atoms with E-state index in [4.69, 9.17) is 0 Å². The van der Waals surface area contributed by atoms with Gasteiger partial charge >= 0.3 is 5.69 Å². The SMILES string of the molecule is O=[N+]([O-])c1cccnc1N1CCCC2(CCCNC2)C1. The topological polar surface area (TPSA) is 71.3 Å². The zero-order chi connectivity index (χ0) is 14.0. The number of piperidine rings is 2. The smallest absolute Gasteiger partial charge is 0.311 e. The number of anilines is 1. The fraction of sp³-hybridized carbons (Fsp3) is 0.643. The first-order valence-corrected chi connectivity index (χ1v) is 7.25. The summed E-state index contributed by atoms with van der Waals surface area (Å²) in [4.78, 5) is 17.2. The molecule has 0 aromatic carbocycles. The van der Waals surface area contributed by atoms with Crippen molar-refractivity contribution in [1.29, 1.82) is 0 Å². The van der Waals surface area contributed by atoms with Crippen LogP contribution in [0, 0.1) is 15.5 Å². The third kappa shape index (κ3) is 2.47. The Morgan fingerprint density at radius 2 is 2.25 bits per heavy atom. The molecule has 20 heavy (non-hydrogen) atoms. The van der Waals surface area contributed by atoms with Crippen LogP contribution < -0.4 is 10.2 Å². The van der Waals surface area contributed by atoms with Gasteiger partial charge in [-0.3, -0.25) is 10.1 Å². The first-order valence-electron chi connectivity index (χ1n) is 7.25. The van der Waals surface area contributed by atoms with Gasteiger partial charge in [0, 0.05) is 37.3 Å². The molecule has 1 spiro atoms. The van der Waals surface area contributed by atoms with E-state index in [0.717, 1.165) is 32.6 Å². The van der Waals surface area contributed by atoms with E-state index in [2.05, 4.69) is 15.2 Å². The van der Waals surface area contributed by atoms with Crippen molar-refractivity contribution in [3.63, 3.8) is 0 Å². The van der Waals surface area contributed by atoms with Gasteiger partial charge in [-0.2, -0.15) is 0 Å². The zero-order valence-corrected chi connectivity index (χ0v) is 11.5. The van der Waals surface area contributed by atoms with Gasteiger partial charge in [0.2, 0.25) is 5.82 Å². The highest BCUT2D eigenvalue weighted by atomic mass is 16.6. The number of pyridine rings is 1. The van der Waals surface area contributed by atoms with Gasteiger partial charge in [-0.25, -0.2) is 4.98 Å². The Kier molecular flexibility index (Phi) is 3.56. The monoisotopic (exact) mass is 276 g/mol. The minimum absolute atomic E-state index is 0.119. The third-order valence-corrected chi connectivity index (χ3v) is 4.48. The molecule has 108 valence electrons. The maximum atomic E-state index is 11.2. The van der Waals surface area contributed by atoms with Crippen LogP contribution in [0.1, 0.15) is 25.7 Å². The lowest BCUT2D eigenvalue weighted by atomic mass is 9.74. The van der Waals surface area contributed by atoms with Gasteiger partial charge in [-0.05, 0) is 38.3 Å². The van der Waals surface area contributed by atoms with Crippen LogP contribution in [0.15, 0.2) is 18.3 Å². The Morgan fingerprint density at radius 1 is 1.40 bits per heavy atom. The minimum Gasteiger partial charge on any atom is -0.350 e. The quantitative estimate of drug-likeness (QED) is 0.660. The Balaban J connectivity index is 1.85. The van der Waals surface area contributed by atoms with Crippen molar-refractivity contribution in [2.75, 3.05) is 31.1 Å². The Morgan fingerprint density at radius 3 is 3.00 bits per heavy atom. The van der Waals surface area contributed by atoms with E-state index >= 15 is 0 Å². The molecule has 1 N–H and O–H groups in total. The Labute approximate surface area is 118 Å². The molecule has 0 radical (unpaired) electrons. The second kappa shape index (κ2) is 5.36. The average molecular weight is 276 g/mol. The van der Waals surface area contributed by atoms with Crippen LogP contribution >= 0.6 is 0 Å². The lowest BCUT2D eigenvalue weighted by Crippen LogP contribution is -2.51. The second-order valence-corrected chi connectivity index (χ2v) is 5.91. The molecular formula is C14H20N4O2. The fourth-order valence-electron chi connectivity index (χ4n) is 3.54. The number of nitro groups is 1. The third-order valence-electron chi connectivity index (χ3n) is 4.48. The van der Waals surface area contributed by atoms with Gasteiger partial charge in [0.1, 0.15) is 0 Å². The zero-order valence-electron chi connectivity index (χ0n) is 11.5. The highest BCUT2D eigenvalue weighted by Gasteiger charge is 2.38. The summed E-state index contributed by atoms with van der Waals surface area (Å²) in [7, 11) is 0. The summed E-state index contributed by atoms with van der Waals surface area (Å²) < 4.78 is 0. The highest BCUT2D eigenvalue weighted by Crippen LogP contribution is 2.38. The summed E-state index contributed by atoms with van der Waals surface area (Å²) >= 11 is 0. The van der Waals surface area contributed by atoms with Crippen molar-refractivity contribution in [2.24, 2.45) is 5.41 Å². The molecule has 0 amide bonds. The van der Waals surface area contributed by atoms with Crippen molar-refractivity contribution >= 4 is 11.5 Å². The molecule has 0 saturated carbocycles. The molecule has 1 unspecified atom stereocenters. The van der Waals surface area contributed by atoms with Gasteiger partial charge in [-0.15, -0.1) is 0 Å². The molecule has 1 aromatic rings. The van der Waals surface area contributed by atoms with E-state index in [1.807, 2.05) is 0 Å². The van der Waals surface area contributed by atoms with Crippen molar-refractivity contribution in [3.8, 4) is 0 Å². The molecule has 2 aliphatic heterocycles. The standard InChI is InChI=1S/C14H20N4O2/c19-18(20)12-4-1-8-16-13(12)17-9-3-6-14(11-17)5-2-7-15-10-14/h1,4,8,15H,2-3,5-7,9-11H2. The Hall–Kier alpha value is -1.69. The predicted octanol–water partition coefficient (Wildman–Crippen LogP) is 1.96. The molecule has 1 atom stereocenters. The number of aromatic nitrogens is 1. The molecule has 3 heterocycles. The Bertz CT molecular complexity index is 494. The maximum absolute atomic E-state index is 11.2. The fourth-order valence-corrected chi connectivity index (χ4v) is 3.54. The average Bonchev–Trinajstić information content (AvgIpc) is 2.48. The first kappa shape index (κ1) is 13.3. The van der Waals surface area contributed by atoms with Crippen LogP contribution in [-0.4, -0.2) is 36.1 Å². The van der Waals surface area contributed by atoms with Crippen LogP contribution in [0.3, 0.4) is 0 Å². The number of nitrogens with one attached hydrogen (secondary N) is 1. The van der Waals surface area contributed by atoms with Crippen molar-refractivity contribution in [3.05, 3.63) is 28.4 Å². The molecule has 6 heteroatoms. The molecule has 3 rings (SSSR count). The number of rotatable bonds is 2. The van der Waals surface area contributed by atoms with Crippen LogP contribution in [-0.2, 0) is 0 Å². The van der Waals surface area contributed by atoms with Crippen LogP contribution in [0.5, 0.6) is 0 Å². The molecule has 2 saturated heterocycles. The van der Waals surface area contributed by atoms with Gasteiger partial charge in [-0.1, -0.05) is 0 Å². The van der Waals surface area contributed by atoms with Gasteiger partial charge in [0.25, 0.3) is 0 Å². The van der Waals surface area contributed by atoms with Crippen LogP contribution in [0.2, 0.25) is 0 Å². The van der Waals surface area contributed by atoms with E-state index in [-0.39, 0.29) is 16.0 Å². The largest absolute Gasteiger partial charge is 0.350 e. The summed E-state index contributed by atoms with van der Waals surface area (Å²) in [6.45, 7) is 3.84. The van der Waals surface area contributed by atoms with Crippen molar-refractivity contribution in [1.82, 2.24) is 10.3 Å². The molecular weight excluding hydrogens is 256 g/mol. The molecule has 2 aliphatic rings. The molecule has 6 nitrogen and oxygen atoms in total. The first-order chi connectivity index (χ1) is 9.70. The lowest BCUT2D eigenvalue weighted by molar-refractivity contribution is -0.384. The van der Waals surface area contributed by atoms with Crippen LogP contribution in [0.25, 0.3) is 0 Å². The normalized spacial score (nSPS) is 26.7. The summed E-state index contributed by atoms with van der Waals surface area (Å²) in [6.07, 6.45) is 6.32. The second-order valence-electron chi connectivity index (χ2n) is 5.91. The number of hydrogen-bond acceptors (Lipinski definition) is 5. The minimum atomic E-state index is -0.331. The van der Waals surface area contributed by atoms with Crippen molar-refractivity contribution in [2.45, 2.75) is 25.7 Å². The number of hydrogen-bond donors (Lipinski definition) is 1. The summed E-state index contributed by atoms with van der Waals surface area (Å²) in [5, 5.41) is 14.6. The lowest BCUT2D eigenvalue weighted by Gasteiger charge is -2.45. The van der Waals surface area contributed by atoms with E-state index in [1.165, 1.54) is 19.3 Å². The highest BCUT2D eigenvalue weighted by molar-refractivity contribution is 5.57. The summed E-state index contributed by atoms with van der Waals surface area (Å²) in [6, 6.07) is 3.17.